The molecule has 2 atom stereocenters. The maximum atomic E-state index is 12.0. The maximum absolute atomic E-state index is 12.0. The van der Waals surface area contributed by atoms with Crippen LogP contribution in [0.3, 0.4) is 0 Å². The number of carboxylic acids is 1. The minimum Gasteiger partial charge on any atom is -0.481 e. The van der Waals surface area contributed by atoms with E-state index in [2.05, 4.69) is 5.32 Å². The number of halogens is 1. The Hall–Kier alpha value is -1.73. The van der Waals surface area contributed by atoms with Crippen LogP contribution in [0.2, 0.25) is 5.02 Å². The van der Waals surface area contributed by atoms with Crippen molar-refractivity contribution >= 4 is 41.1 Å². The van der Waals surface area contributed by atoms with Crippen LogP contribution in [0.25, 0.3) is 0 Å². The smallest absolute Gasteiger partial charge is 0.313 e. The highest BCUT2D eigenvalue weighted by Crippen LogP contribution is 2.32. The topological polar surface area (TPSA) is 86.7 Å². The number of amides is 2. The summed E-state index contributed by atoms with van der Waals surface area (Å²) in [5, 5.41) is 12.0. The lowest BCUT2D eigenvalue weighted by molar-refractivity contribution is -0.134. The molecule has 1 aromatic rings. The van der Waals surface area contributed by atoms with Gasteiger partial charge in [-0.05, 0) is 17.7 Å². The van der Waals surface area contributed by atoms with Gasteiger partial charge in [-0.1, -0.05) is 23.7 Å². The van der Waals surface area contributed by atoms with Crippen molar-refractivity contribution in [2.75, 3.05) is 18.6 Å². The molecule has 2 unspecified atom stereocenters. The molecule has 0 spiro atoms. The SMILES string of the molecule is CN1C(=O)CC(NC(=O)CSCC(=O)O)C1c1ccc(Cl)cc1. The van der Waals surface area contributed by atoms with Crippen molar-refractivity contribution in [1.82, 2.24) is 10.2 Å². The van der Waals surface area contributed by atoms with Crippen LogP contribution >= 0.6 is 23.4 Å². The summed E-state index contributed by atoms with van der Waals surface area (Å²) in [6.07, 6.45) is 0.221. The van der Waals surface area contributed by atoms with Crippen LogP contribution in [-0.4, -0.2) is 52.4 Å². The number of benzene rings is 1. The minimum absolute atomic E-state index is 0.0477. The molecule has 1 aromatic carbocycles. The van der Waals surface area contributed by atoms with Gasteiger partial charge in [0.25, 0.3) is 0 Å². The van der Waals surface area contributed by atoms with Gasteiger partial charge in [-0.2, -0.15) is 0 Å². The number of rotatable bonds is 6. The van der Waals surface area contributed by atoms with Gasteiger partial charge in [0.05, 0.1) is 23.6 Å². The third kappa shape index (κ3) is 4.62. The zero-order valence-corrected chi connectivity index (χ0v) is 14.1. The molecule has 0 aromatic heterocycles. The summed E-state index contributed by atoms with van der Waals surface area (Å²) in [6, 6.07) is 6.56. The molecule has 0 saturated carbocycles. The van der Waals surface area contributed by atoms with Crippen LogP contribution in [-0.2, 0) is 14.4 Å². The Bertz CT molecular complexity index is 608. The number of carbonyl (C=O) groups excluding carboxylic acids is 2. The molecule has 0 bridgehead atoms. The highest BCUT2D eigenvalue weighted by molar-refractivity contribution is 8.00. The van der Waals surface area contributed by atoms with Gasteiger partial charge in [0.15, 0.2) is 0 Å². The van der Waals surface area contributed by atoms with Crippen LogP contribution in [0.5, 0.6) is 0 Å². The average Bonchev–Trinajstić information content (AvgIpc) is 2.74. The fourth-order valence-electron chi connectivity index (χ4n) is 2.59. The predicted molar refractivity (Wildman–Crippen MR) is 88.5 cm³/mol. The molecule has 23 heavy (non-hydrogen) atoms. The summed E-state index contributed by atoms with van der Waals surface area (Å²) in [6.45, 7) is 0. The quantitative estimate of drug-likeness (QED) is 0.807. The third-order valence-electron chi connectivity index (χ3n) is 3.60. The highest BCUT2D eigenvalue weighted by Gasteiger charge is 2.39. The summed E-state index contributed by atoms with van der Waals surface area (Å²) in [5.74, 6) is -1.36. The number of likely N-dealkylation sites (tertiary alicyclic amines) is 1. The number of nitrogens with zero attached hydrogens (tertiary/aromatic N) is 1. The molecule has 1 aliphatic heterocycles. The molecule has 2 rings (SSSR count). The van der Waals surface area contributed by atoms with Crippen molar-refractivity contribution in [3.05, 3.63) is 34.9 Å². The van der Waals surface area contributed by atoms with Crippen LogP contribution in [0.4, 0.5) is 0 Å². The van der Waals surface area contributed by atoms with E-state index in [9.17, 15) is 14.4 Å². The van der Waals surface area contributed by atoms with E-state index in [1.165, 1.54) is 0 Å². The van der Waals surface area contributed by atoms with Crippen LogP contribution < -0.4 is 5.32 Å². The molecule has 0 radical (unpaired) electrons. The van der Waals surface area contributed by atoms with E-state index in [-0.39, 0.29) is 41.8 Å². The first-order valence-electron chi connectivity index (χ1n) is 6.98. The van der Waals surface area contributed by atoms with Crippen molar-refractivity contribution in [1.29, 1.82) is 0 Å². The first-order valence-corrected chi connectivity index (χ1v) is 8.51. The second-order valence-electron chi connectivity index (χ2n) is 5.27. The first kappa shape index (κ1) is 17.6. The largest absolute Gasteiger partial charge is 0.481 e. The molecule has 1 aliphatic rings. The Morgan fingerprint density at radius 2 is 2.00 bits per heavy atom. The normalized spacial score (nSPS) is 20.6. The van der Waals surface area contributed by atoms with Crippen molar-refractivity contribution in [3.63, 3.8) is 0 Å². The Morgan fingerprint density at radius 1 is 1.35 bits per heavy atom. The zero-order valence-electron chi connectivity index (χ0n) is 12.5. The van der Waals surface area contributed by atoms with E-state index in [0.717, 1.165) is 17.3 Å². The highest BCUT2D eigenvalue weighted by atomic mass is 35.5. The molecule has 1 heterocycles. The minimum atomic E-state index is -0.961. The Labute approximate surface area is 143 Å². The van der Waals surface area contributed by atoms with Crippen molar-refractivity contribution in [2.24, 2.45) is 0 Å². The number of hydrogen-bond donors (Lipinski definition) is 2. The van der Waals surface area contributed by atoms with E-state index in [1.807, 2.05) is 12.1 Å². The predicted octanol–water partition coefficient (Wildman–Crippen LogP) is 1.55. The Balaban J connectivity index is 2.04. The first-order chi connectivity index (χ1) is 10.9. The molecular weight excluding hydrogens is 340 g/mol. The van der Waals surface area contributed by atoms with Crippen molar-refractivity contribution in [2.45, 2.75) is 18.5 Å². The van der Waals surface area contributed by atoms with Gasteiger partial charge in [0.1, 0.15) is 0 Å². The van der Waals surface area contributed by atoms with E-state index in [1.54, 1.807) is 24.1 Å². The Morgan fingerprint density at radius 3 is 2.61 bits per heavy atom. The monoisotopic (exact) mass is 356 g/mol. The van der Waals surface area contributed by atoms with Gasteiger partial charge in [-0.3, -0.25) is 14.4 Å². The molecule has 2 amide bonds. The molecule has 1 saturated heterocycles. The fraction of sp³-hybridized carbons (Fsp3) is 0.400. The summed E-state index contributed by atoms with van der Waals surface area (Å²) < 4.78 is 0. The number of thioether (sulfide) groups is 1. The van der Waals surface area contributed by atoms with E-state index in [4.69, 9.17) is 16.7 Å². The van der Waals surface area contributed by atoms with E-state index >= 15 is 0 Å². The van der Waals surface area contributed by atoms with E-state index in [0.29, 0.717) is 5.02 Å². The number of aliphatic carboxylic acids is 1. The second-order valence-corrected chi connectivity index (χ2v) is 6.69. The summed E-state index contributed by atoms with van der Waals surface area (Å²) in [7, 11) is 1.70. The number of carbonyl (C=O) groups is 3. The van der Waals surface area contributed by atoms with Crippen molar-refractivity contribution in [3.8, 4) is 0 Å². The van der Waals surface area contributed by atoms with Gasteiger partial charge < -0.3 is 15.3 Å². The molecule has 2 N–H and O–H groups in total. The van der Waals surface area contributed by atoms with Gasteiger partial charge in [0.2, 0.25) is 11.8 Å². The molecule has 0 aliphatic carbocycles. The van der Waals surface area contributed by atoms with Crippen LogP contribution in [0.15, 0.2) is 24.3 Å². The lowest BCUT2D eigenvalue weighted by Crippen LogP contribution is -2.40. The van der Waals surface area contributed by atoms with Gasteiger partial charge in [-0.25, -0.2) is 0 Å². The van der Waals surface area contributed by atoms with Gasteiger partial charge >= 0.3 is 5.97 Å². The lowest BCUT2D eigenvalue weighted by Gasteiger charge is -2.26. The number of hydrogen-bond acceptors (Lipinski definition) is 4. The fourth-order valence-corrected chi connectivity index (χ4v) is 3.27. The standard InChI is InChI=1S/C15H17ClN2O4S/c1-18-13(20)6-11(17-12(19)7-23-8-14(21)22)15(18)9-2-4-10(16)5-3-9/h2-5,11,15H,6-8H2,1H3,(H,17,19)(H,21,22). The summed E-state index contributed by atoms with van der Waals surface area (Å²) >= 11 is 6.91. The van der Waals surface area contributed by atoms with Crippen LogP contribution in [0, 0.1) is 0 Å². The molecule has 8 heteroatoms. The second kappa shape index (κ2) is 7.70. The zero-order chi connectivity index (χ0) is 17.0. The molecular formula is C15H17ClN2O4S. The third-order valence-corrected chi connectivity index (χ3v) is 4.77. The van der Waals surface area contributed by atoms with Crippen LogP contribution in [0.1, 0.15) is 18.0 Å². The molecule has 124 valence electrons. The summed E-state index contributed by atoms with van der Waals surface area (Å²) in [5.41, 5.74) is 0.895. The van der Waals surface area contributed by atoms with Gasteiger partial charge in [0, 0.05) is 18.5 Å². The lowest BCUT2D eigenvalue weighted by atomic mass is 10.0. The molecule has 6 nitrogen and oxygen atoms in total. The number of carboxylic acid groups (broad SMARTS) is 1. The number of likely N-dealkylation sites (N-methyl/N-ethyl adjacent to an activating group) is 1. The molecule has 1 fully saturated rings. The maximum Gasteiger partial charge on any atom is 0.313 e. The summed E-state index contributed by atoms with van der Waals surface area (Å²) in [4.78, 5) is 36.0. The number of nitrogens with one attached hydrogen (secondary N) is 1. The average molecular weight is 357 g/mol. The van der Waals surface area contributed by atoms with E-state index < -0.39 is 5.97 Å². The van der Waals surface area contributed by atoms with Crippen molar-refractivity contribution < 1.29 is 19.5 Å². The van der Waals surface area contributed by atoms with Gasteiger partial charge in [-0.15, -0.1) is 11.8 Å². The Kier molecular flexibility index (Phi) is 5.90.